The minimum atomic E-state index is -1.28. The molecule has 142 valence electrons. The summed E-state index contributed by atoms with van der Waals surface area (Å²) in [6, 6.07) is -0.809. The molecule has 1 aliphatic heterocycles. The third kappa shape index (κ3) is 4.25. The zero-order chi connectivity index (χ0) is 18.9. The molecule has 25 heavy (non-hydrogen) atoms. The Balaban J connectivity index is 2.32. The Morgan fingerprint density at radius 3 is 2.48 bits per heavy atom. The Kier molecular flexibility index (Phi) is 6.32. The van der Waals surface area contributed by atoms with Crippen LogP contribution in [-0.2, 0) is 9.53 Å². The van der Waals surface area contributed by atoms with Crippen LogP contribution in [0.15, 0.2) is 16.3 Å². The average Bonchev–Trinajstić information content (AvgIpc) is 2.50. The maximum atomic E-state index is 12.4. The number of carbonyl (C=O) groups excluding carboxylic acids is 1. The van der Waals surface area contributed by atoms with Crippen molar-refractivity contribution in [2.24, 2.45) is 10.4 Å². The maximum Gasteiger partial charge on any atom is 0.168 e. The van der Waals surface area contributed by atoms with Gasteiger partial charge in [-0.25, -0.2) is 0 Å². The molecule has 1 fully saturated rings. The van der Waals surface area contributed by atoms with Crippen molar-refractivity contribution in [2.75, 3.05) is 12.9 Å². The SMILES string of the molecule is CS[C@@H]1O[C@H](CO)[C@@H](O)[C@H](O)[C@H]1N=C(C)C1=C(O)CC(C)(C)CC1=O. The largest absolute Gasteiger partial charge is 0.511 e. The van der Waals surface area contributed by atoms with Crippen LogP contribution in [0.2, 0.25) is 0 Å². The zero-order valence-corrected chi connectivity index (χ0v) is 15.8. The number of hydrogen-bond donors (Lipinski definition) is 4. The molecule has 2 rings (SSSR count). The first kappa shape index (κ1) is 20.4. The van der Waals surface area contributed by atoms with E-state index < -0.39 is 36.4 Å². The molecule has 0 saturated carbocycles. The molecule has 0 amide bonds. The van der Waals surface area contributed by atoms with E-state index in [2.05, 4.69) is 4.99 Å². The Morgan fingerprint density at radius 2 is 1.96 bits per heavy atom. The first-order valence-electron chi connectivity index (χ1n) is 8.26. The Labute approximate surface area is 151 Å². The number of aliphatic imine (C=N–C) groups is 1. The van der Waals surface area contributed by atoms with Crippen LogP contribution < -0.4 is 0 Å². The molecule has 1 aliphatic carbocycles. The average molecular weight is 373 g/mol. The summed E-state index contributed by atoms with van der Waals surface area (Å²) in [5.41, 5.74) is -0.377. The lowest BCUT2D eigenvalue weighted by Crippen LogP contribution is -2.57. The number of allylic oxidation sites excluding steroid dienone is 2. The fourth-order valence-corrected chi connectivity index (χ4v) is 4.14. The van der Waals surface area contributed by atoms with Crippen molar-refractivity contribution in [1.29, 1.82) is 0 Å². The molecular formula is C17H27NO6S. The van der Waals surface area contributed by atoms with E-state index in [1.165, 1.54) is 11.8 Å². The molecule has 0 unspecified atom stereocenters. The molecule has 0 aromatic carbocycles. The number of ether oxygens (including phenoxy) is 1. The van der Waals surface area contributed by atoms with Gasteiger partial charge in [0.15, 0.2) is 5.78 Å². The minimum absolute atomic E-state index is 0.00297. The van der Waals surface area contributed by atoms with Crippen molar-refractivity contribution >= 4 is 23.3 Å². The number of nitrogens with zero attached hydrogens (tertiary/aromatic N) is 1. The molecule has 1 saturated heterocycles. The normalized spacial score (nSPS) is 36.7. The van der Waals surface area contributed by atoms with Crippen LogP contribution in [-0.4, -0.2) is 74.6 Å². The Hall–Kier alpha value is -0.930. The summed E-state index contributed by atoms with van der Waals surface area (Å²) >= 11 is 1.29. The predicted octanol–water partition coefficient (Wildman–Crippen LogP) is 0.819. The summed E-state index contributed by atoms with van der Waals surface area (Å²) in [7, 11) is 0. The third-order valence-corrected chi connectivity index (χ3v) is 5.49. The molecule has 0 spiro atoms. The summed E-state index contributed by atoms with van der Waals surface area (Å²) in [5, 5.41) is 40.0. The molecule has 1 heterocycles. The lowest BCUT2D eigenvalue weighted by molar-refractivity contribution is -0.165. The highest BCUT2D eigenvalue weighted by Gasteiger charge is 2.44. The van der Waals surface area contributed by atoms with Crippen LogP contribution >= 0.6 is 11.8 Å². The summed E-state index contributed by atoms with van der Waals surface area (Å²) in [6.07, 6.45) is -0.943. The van der Waals surface area contributed by atoms with E-state index in [1.807, 2.05) is 13.8 Å². The van der Waals surface area contributed by atoms with E-state index in [0.29, 0.717) is 18.6 Å². The number of carbonyl (C=O) groups is 1. The van der Waals surface area contributed by atoms with E-state index in [-0.39, 0.29) is 22.5 Å². The topological polar surface area (TPSA) is 120 Å². The van der Waals surface area contributed by atoms with E-state index in [4.69, 9.17) is 4.74 Å². The van der Waals surface area contributed by atoms with E-state index in [1.54, 1.807) is 13.2 Å². The van der Waals surface area contributed by atoms with E-state index in [9.17, 15) is 25.2 Å². The van der Waals surface area contributed by atoms with E-state index in [0.717, 1.165) is 0 Å². The van der Waals surface area contributed by atoms with Gasteiger partial charge in [-0.3, -0.25) is 9.79 Å². The molecule has 2 aliphatic rings. The number of Topliss-reactive ketones (excluding diaryl/α,β-unsaturated/α-hetero) is 1. The highest BCUT2D eigenvalue weighted by Crippen LogP contribution is 2.37. The number of thioether (sulfide) groups is 1. The minimum Gasteiger partial charge on any atom is -0.511 e. The van der Waals surface area contributed by atoms with Gasteiger partial charge in [0.2, 0.25) is 0 Å². The smallest absolute Gasteiger partial charge is 0.168 e. The van der Waals surface area contributed by atoms with Crippen molar-refractivity contribution in [2.45, 2.75) is 63.4 Å². The van der Waals surface area contributed by atoms with Gasteiger partial charge in [-0.05, 0) is 18.6 Å². The summed E-state index contributed by atoms with van der Waals surface area (Å²) in [5.74, 6) is -0.182. The molecule has 0 aromatic rings. The van der Waals surface area contributed by atoms with Gasteiger partial charge in [0, 0.05) is 18.6 Å². The lowest BCUT2D eigenvalue weighted by Gasteiger charge is -2.40. The second-order valence-corrected chi connectivity index (χ2v) is 8.35. The summed E-state index contributed by atoms with van der Waals surface area (Å²) in [6.45, 7) is 5.02. The second kappa shape index (κ2) is 7.75. The fraction of sp³-hybridized carbons (Fsp3) is 0.765. The molecule has 5 atom stereocenters. The maximum absolute atomic E-state index is 12.4. The van der Waals surface area contributed by atoms with Crippen molar-refractivity contribution in [3.8, 4) is 0 Å². The van der Waals surface area contributed by atoms with Crippen molar-refractivity contribution in [1.82, 2.24) is 0 Å². The van der Waals surface area contributed by atoms with E-state index >= 15 is 0 Å². The van der Waals surface area contributed by atoms with Crippen LogP contribution in [0.25, 0.3) is 0 Å². The van der Waals surface area contributed by atoms with Crippen LogP contribution in [0.1, 0.15) is 33.6 Å². The van der Waals surface area contributed by atoms with Gasteiger partial charge in [-0.15, -0.1) is 11.8 Å². The highest BCUT2D eigenvalue weighted by atomic mass is 32.2. The van der Waals surface area contributed by atoms with Gasteiger partial charge in [0.1, 0.15) is 35.5 Å². The van der Waals surface area contributed by atoms with Crippen molar-refractivity contribution in [3.05, 3.63) is 11.3 Å². The predicted molar refractivity (Wildman–Crippen MR) is 95.8 cm³/mol. The molecule has 0 bridgehead atoms. The van der Waals surface area contributed by atoms with Gasteiger partial charge in [0.25, 0.3) is 0 Å². The monoisotopic (exact) mass is 373 g/mol. The molecule has 8 heteroatoms. The molecule has 7 nitrogen and oxygen atoms in total. The second-order valence-electron chi connectivity index (χ2n) is 7.41. The van der Waals surface area contributed by atoms with Gasteiger partial charge >= 0.3 is 0 Å². The number of aliphatic hydroxyl groups is 4. The summed E-state index contributed by atoms with van der Waals surface area (Å²) in [4.78, 5) is 16.8. The zero-order valence-electron chi connectivity index (χ0n) is 15.0. The van der Waals surface area contributed by atoms with Crippen molar-refractivity contribution < 1.29 is 30.0 Å². The summed E-state index contributed by atoms with van der Waals surface area (Å²) < 4.78 is 5.59. The highest BCUT2D eigenvalue weighted by molar-refractivity contribution is 7.99. The number of rotatable bonds is 4. The molecule has 0 radical (unpaired) electrons. The Morgan fingerprint density at radius 1 is 1.32 bits per heavy atom. The number of hydrogen-bond acceptors (Lipinski definition) is 8. The van der Waals surface area contributed by atoms with Crippen molar-refractivity contribution in [3.63, 3.8) is 0 Å². The van der Waals surface area contributed by atoms with Crippen LogP contribution in [0.3, 0.4) is 0 Å². The van der Waals surface area contributed by atoms with Gasteiger partial charge in [-0.1, -0.05) is 13.8 Å². The molecular weight excluding hydrogens is 346 g/mol. The molecule has 0 aromatic heterocycles. The van der Waals surface area contributed by atoms with Gasteiger partial charge in [-0.2, -0.15) is 0 Å². The fourth-order valence-electron chi connectivity index (χ4n) is 3.39. The van der Waals surface area contributed by atoms with Crippen LogP contribution in [0.4, 0.5) is 0 Å². The third-order valence-electron chi connectivity index (χ3n) is 4.64. The van der Waals surface area contributed by atoms with Gasteiger partial charge in [0.05, 0.1) is 12.2 Å². The standard InChI is InChI=1S/C17H27NO6S/c1-8(12-9(20)5-17(2,3)6-10(12)21)18-13-15(23)14(22)11(7-19)24-16(13)25-4/h11,13-16,19-20,22-23H,5-7H2,1-4H3/t11-,13-,14-,15-,16+/m1/s1. The number of aliphatic hydroxyl groups excluding tert-OH is 4. The quantitative estimate of drug-likeness (QED) is 0.539. The lowest BCUT2D eigenvalue weighted by atomic mass is 9.75. The molecule has 4 N–H and O–H groups in total. The number of ketones is 1. The van der Waals surface area contributed by atoms with Crippen LogP contribution in [0.5, 0.6) is 0 Å². The van der Waals surface area contributed by atoms with Crippen LogP contribution in [0, 0.1) is 5.41 Å². The first-order valence-corrected chi connectivity index (χ1v) is 9.55. The first-order chi connectivity index (χ1) is 11.6. The Bertz CT molecular complexity index is 586. The van der Waals surface area contributed by atoms with Gasteiger partial charge < -0.3 is 25.2 Å².